The maximum absolute atomic E-state index is 11.8. The largest absolute Gasteiger partial charge is 0.341 e. The summed E-state index contributed by atoms with van der Waals surface area (Å²) in [5, 5.41) is 5.06. The number of nitrogens with one attached hydrogen (secondary N) is 2. The minimum Gasteiger partial charge on any atom is -0.341 e. The van der Waals surface area contributed by atoms with Crippen molar-refractivity contribution in [3.8, 4) is 0 Å². The maximum Gasteiger partial charge on any atom is 0.315 e. The van der Waals surface area contributed by atoms with Gasteiger partial charge in [-0.1, -0.05) is 27.7 Å². The third-order valence-corrected chi connectivity index (χ3v) is 2.00. The highest BCUT2D eigenvalue weighted by Crippen LogP contribution is 2.17. The molecule has 2 amide bonds. The standard InChI is InChI=1S/C10H20N2O2/c1-6-7(12-9(14)11-5)8(13)10(2,3)4/h7H,6H2,1-5H3,(H2,11,12,14). The van der Waals surface area contributed by atoms with Crippen molar-refractivity contribution in [2.24, 2.45) is 5.41 Å². The first kappa shape index (κ1) is 12.9. The number of ketones is 1. The van der Waals surface area contributed by atoms with Crippen LogP contribution in [0.5, 0.6) is 0 Å². The molecule has 0 aromatic carbocycles. The predicted molar refractivity (Wildman–Crippen MR) is 56.1 cm³/mol. The Morgan fingerprint density at radius 1 is 1.29 bits per heavy atom. The second-order valence-electron chi connectivity index (χ2n) is 4.30. The fourth-order valence-electron chi connectivity index (χ4n) is 1.11. The van der Waals surface area contributed by atoms with Crippen molar-refractivity contribution < 1.29 is 9.59 Å². The number of hydrogen-bond acceptors (Lipinski definition) is 2. The molecule has 0 aromatic heterocycles. The van der Waals surface area contributed by atoms with E-state index in [2.05, 4.69) is 10.6 Å². The lowest BCUT2D eigenvalue weighted by molar-refractivity contribution is -0.128. The van der Waals surface area contributed by atoms with Crippen molar-refractivity contribution in [3.63, 3.8) is 0 Å². The number of urea groups is 1. The fraction of sp³-hybridized carbons (Fsp3) is 0.800. The van der Waals surface area contributed by atoms with Gasteiger partial charge in [-0.25, -0.2) is 4.79 Å². The van der Waals surface area contributed by atoms with E-state index in [1.165, 1.54) is 7.05 Å². The molecule has 0 aliphatic heterocycles. The van der Waals surface area contributed by atoms with E-state index in [0.717, 1.165) is 0 Å². The van der Waals surface area contributed by atoms with Crippen molar-refractivity contribution >= 4 is 11.8 Å². The Bertz CT molecular complexity index is 219. The van der Waals surface area contributed by atoms with Gasteiger partial charge in [0.2, 0.25) is 0 Å². The first-order valence-electron chi connectivity index (χ1n) is 4.85. The Labute approximate surface area is 85.4 Å². The van der Waals surface area contributed by atoms with E-state index in [9.17, 15) is 9.59 Å². The molecule has 0 fully saturated rings. The molecule has 4 nitrogen and oxygen atoms in total. The van der Waals surface area contributed by atoms with Crippen molar-refractivity contribution in [2.75, 3.05) is 7.05 Å². The minimum atomic E-state index is -0.415. The summed E-state index contributed by atoms with van der Waals surface area (Å²) in [5.74, 6) is 0.0589. The fourth-order valence-corrected chi connectivity index (χ4v) is 1.11. The summed E-state index contributed by atoms with van der Waals surface area (Å²) in [6.45, 7) is 7.43. The van der Waals surface area contributed by atoms with Gasteiger partial charge in [0.05, 0.1) is 6.04 Å². The molecule has 0 radical (unpaired) electrons. The molecular formula is C10H20N2O2. The molecule has 0 saturated carbocycles. The lowest BCUT2D eigenvalue weighted by Crippen LogP contribution is -2.48. The Morgan fingerprint density at radius 3 is 2.07 bits per heavy atom. The molecule has 14 heavy (non-hydrogen) atoms. The van der Waals surface area contributed by atoms with Crippen LogP contribution in [0.1, 0.15) is 34.1 Å². The van der Waals surface area contributed by atoms with Gasteiger partial charge in [-0.2, -0.15) is 0 Å². The zero-order valence-corrected chi connectivity index (χ0v) is 9.60. The number of rotatable bonds is 3. The average Bonchev–Trinajstić information content (AvgIpc) is 2.11. The highest BCUT2D eigenvalue weighted by atomic mass is 16.2. The van der Waals surface area contributed by atoms with Crippen LogP contribution in [0.2, 0.25) is 0 Å². The average molecular weight is 200 g/mol. The molecule has 1 unspecified atom stereocenters. The van der Waals surface area contributed by atoms with Crippen LogP contribution in [0, 0.1) is 5.41 Å². The molecule has 0 aromatic rings. The summed E-state index contributed by atoms with van der Waals surface area (Å²) in [6.07, 6.45) is 0.615. The van der Waals surface area contributed by atoms with Crippen molar-refractivity contribution in [1.29, 1.82) is 0 Å². The Morgan fingerprint density at radius 2 is 1.79 bits per heavy atom. The molecule has 82 valence electrons. The third kappa shape index (κ3) is 3.77. The van der Waals surface area contributed by atoms with E-state index in [-0.39, 0.29) is 11.8 Å². The molecular weight excluding hydrogens is 180 g/mol. The number of carbonyl (C=O) groups excluding carboxylic acids is 2. The van der Waals surface area contributed by atoms with Gasteiger partial charge in [-0.15, -0.1) is 0 Å². The van der Waals surface area contributed by atoms with Crippen LogP contribution in [0.25, 0.3) is 0 Å². The van der Waals surface area contributed by atoms with Gasteiger partial charge in [0.1, 0.15) is 0 Å². The first-order valence-corrected chi connectivity index (χ1v) is 4.85. The van der Waals surface area contributed by atoms with Gasteiger partial charge in [0.25, 0.3) is 0 Å². The summed E-state index contributed by atoms with van der Waals surface area (Å²) < 4.78 is 0. The molecule has 0 saturated heterocycles. The number of Topliss-reactive ketones (excluding diaryl/α,β-unsaturated/α-hetero) is 1. The van der Waals surface area contributed by atoms with Crippen molar-refractivity contribution in [3.05, 3.63) is 0 Å². The Kier molecular flexibility index (Phi) is 4.60. The quantitative estimate of drug-likeness (QED) is 0.721. The second kappa shape index (κ2) is 4.98. The summed E-state index contributed by atoms with van der Waals surface area (Å²) >= 11 is 0. The lowest BCUT2D eigenvalue weighted by atomic mass is 9.85. The first-order chi connectivity index (χ1) is 6.32. The van der Waals surface area contributed by atoms with Gasteiger partial charge in [-0.05, 0) is 6.42 Å². The van der Waals surface area contributed by atoms with Crippen LogP contribution in [0.4, 0.5) is 4.79 Å². The predicted octanol–water partition coefficient (Wildman–Crippen LogP) is 1.31. The number of amides is 2. The van der Waals surface area contributed by atoms with Gasteiger partial charge in [0.15, 0.2) is 5.78 Å². The maximum atomic E-state index is 11.8. The summed E-state index contributed by atoms with van der Waals surface area (Å²) in [5.41, 5.74) is -0.415. The number of hydrogen-bond donors (Lipinski definition) is 2. The van der Waals surface area contributed by atoms with Gasteiger partial charge >= 0.3 is 6.03 Å². The zero-order chi connectivity index (χ0) is 11.4. The Balaban J connectivity index is 4.42. The molecule has 0 aliphatic rings. The van der Waals surface area contributed by atoms with E-state index in [0.29, 0.717) is 6.42 Å². The number of carbonyl (C=O) groups is 2. The van der Waals surface area contributed by atoms with Crippen LogP contribution >= 0.6 is 0 Å². The molecule has 0 rings (SSSR count). The van der Waals surface area contributed by atoms with E-state index in [1.54, 1.807) is 0 Å². The SMILES string of the molecule is CCC(NC(=O)NC)C(=O)C(C)(C)C. The molecule has 0 aliphatic carbocycles. The van der Waals surface area contributed by atoms with Gasteiger partial charge < -0.3 is 10.6 Å². The molecule has 2 N–H and O–H groups in total. The third-order valence-electron chi connectivity index (χ3n) is 2.00. The molecule has 1 atom stereocenters. The van der Waals surface area contributed by atoms with E-state index in [1.807, 2.05) is 27.7 Å². The molecule has 0 bridgehead atoms. The smallest absolute Gasteiger partial charge is 0.315 e. The monoisotopic (exact) mass is 200 g/mol. The molecule has 4 heteroatoms. The van der Waals surface area contributed by atoms with Crippen molar-refractivity contribution in [1.82, 2.24) is 10.6 Å². The zero-order valence-electron chi connectivity index (χ0n) is 9.60. The normalized spacial score (nSPS) is 13.2. The highest BCUT2D eigenvalue weighted by molar-refractivity contribution is 5.91. The highest BCUT2D eigenvalue weighted by Gasteiger charge is 2.29. The summed E-state index contributed by atoms with van der Waals surface area (Å²) in [6, 6.07) is -0.704. The van der Waals surface area contributed by atoms with Gasteiger partial charge in [-0.3, -0.25) is 4.79 Å². The summed E-state index contributed by atoms with van der Waals surface area (Å²) in [4.78, 5) is 22.8. The van der Waals surface area contributed by atoms with E-state index < -0.39 is 11.5 Å². The van der Waals surface area contributed by atoms with Gasteiger partial charge in [0, 0.05) is 12.5 Å². The van der Waals surface area contributed by atoms with Crippen molar-refractivity contribution in [2.45, 2.75) is 40.2 Å². The lowest BCUT2D eigenvalue weighted by Gasteiger charge is -2.24. The van der Waals surface area contributed by atoms with Crippen LogP contribution in [0.3, 0.4) is 0 Å². The van der Waals surface area contributed by atoms with Crippen LogP contribution in [-0.4, -0.2) is 24.9 Å². The topological polar surface area (TPSA) is 58.2 Å². The second-order valence-corrected chi connectivity index (χ2v) is 4.30. The summed E-state index contributed by atoms with van der Waals surface area (Å²) in [7, 11) is 1.53. The van der Waals surface area contributed by atoms with E-state index in [4.69, 9.17) is 0 Å². The molecule has 0 heterocycles. The van der Waals surface area contributed by atoms with E-state index >= 15 is 0 Å². The molecule has 0 spiro atoms. The Hall–Kier alpha value is -1.06. The van der Waals surface area contributed by atoms with Crippen LogP contribution in [0.15, 0.2) is 0 Å². The van der Waals surface area contributed by atoms with Crippen LogP contribution < -0.4 is 10.6 Å². The minimum absolute atomic E-state index is 0.0589. The van der Waals surface area contributed by atoms with Crippen LogP contribution in [-0.2, 0) is 4.79 Å².